The molecule has 0 atom stereocenters. The third-order valence-electron chi connectivity index (χ3n) is 4.19. The van der Waals surface area contributed by atoms with Crippen LogP contribution in [0.15, 0.2) is 23.3 Å². The molecule has 1 aliphatic rings. The van der Waals surface area contributed by atoms with E-state index in [0.29, 0.717) is 12.5 Å². The second-order valence-electron chi connectivity index (χ2n) is 6.18. The van der Waals surface area contributed by atoms with E-state index in [1.165, 1.54) is 12.8 Å². The molecule has 23 heavy (non-hydrogen) atoms. The van der Waals surface area contributed by atoms with E-state index < -0.39 is 0 Å². The molecule has 3 N–H and O–H groups in total. The number of nitrogens with zero attached hydrogens (tertiary/aromatic N) is 3. The molecule has 0 aliphatic carbocycles. The molecule has 2 rings (SSSR count). The SMILES string of the molecule is CCCCNC(N)=NCc1ccc(N2CCC(C)CC2)nc1.I. The average Bonchev–Trinajstić information content (AvgIpc) is 2.54. The lowest BCUT2D eigenvalue weighted by atomic mass is 9.99. The average molecular weight is 431 g/mol. The Morgan fingerprint density at radius 3 is 2.74 bits per heavy atom. The highest BCUT2D eigenvalue weighted by molar-refractivity contribution is 14.0. The van der Waals surface area contributed by atoms with Crippen molar-refractivity contribution >= 4 is 35.8 Å². The lowest BCUT2D eigenvalue weighted by Crippen LogP contribution is -2.33. The molecule has 0 spiro atoms. The minimum absolute atomic E-state index is 0. The Labute approximate surface area is 157 Å². The summed E-state index contributed by atoms with van der Waals surface area (Å²) in [6.45, 7) is 8.17. The van der Waals surface area contributed by atoms with Gasteiger partial charge in [-0.1, -0.05) is 26.3 Å². The highest BCUT2D eigenvalue weighted by Crippen LogP contribution is 2.21. The van der Waals surface area contributed by atoms with E-state index in [1.54, 1.807) is 0 Å². The van der Waals surface area contributed by atoms with Gasteiger partial charge in [0.1, 0.15) is 5.82 Å². The van der Waals surface area contributed by atoms with Gasteiger partial charge in [0.25, 0.3) is 0 Å². The second-order valence-corrected chi connectivity index (χ2v) is 6.18. The number of aromatic nitrogens is 1. The van der Waals surface area contributed by atoms with Crippen LogP contribution in [0.25, 0.3) is 0 Å². The number of rotatable bonds is 6. The van der Waals surface area contributed by atoms with E-state index >= 15 is 0 Å². The summed E-state index contributed by atoms with van der Waals surface area (Å²) in [5, 5.41) is 3.12. The van der Waals surface area contributed by atoms with E-state index in [4.69, 9.17) is 5.73 Å². The number of guanidine groups is 1. The normalized spacial score (nSPS) is 16.1. The molecule has 0 aromatic carbocycles. The van der Waals surface area contributed by atoms with Crippen LogP contribution in [0, 0.1) is 5.92 Å². The van der Waals surface area contributed by atoms with Crippen molar-refractivity contribution in [3.63, 3.8) is 0 Å². The summed E-state index contributed by atoms with van der Waals surface area (Å²) in [6.07, 6.45) is 6.69. The van der Waals surface area contributed by atoms with Crippen LogP contribution in [0.1, 0.15) is 45.1 Å². The maximum atomic E-state index is 5.83. The summed E-state index contributed by atoms with van der Waals surface area (Å²) in [5.74, 6) is 2.43. The van der Waals surface area contributed by atoms with Crippen LogP contribution in [-0.4, -0.2) is 30.6 Å². The zero-order chi connectivity index (χ0) is 15.8. The van der Waals surface area contributed by atoms with Crippen LogP contribution in [0.4, 0.5) is 5.82 Å². The molecule has 1 saturated heterocycles. The number of piperidine rings is 1. The minimum Gasteiger partial charge on any atom is -0.370 e. The number of nitrogens with one attached hydrogen (secondary N) is 1. The molecular formula is C17H30IN5. The molecule has 1 fully saturated rings. The number of aliphatic imine (C=N–C) groups is 1. The van der Waals surface area contributed by atoms with Gasteiger partial charge in [0, 0.05) is 25.8 Å². The topological polar surface area (TPSA) is 66.5 Å². The van der Waals surface area contributed by atoms with E-state index in [-0.39, 0.29) is 24.0 Å². The fourth-order valence-corrected chi connectivity index (χ4v) is 2.56. The fraction of sp³-hybridized carbons (Fsp3) is 0.647. The number of anilines is 1. The van der Waals surface area contributed by atoms with Crippen molar-refractivity contribution in [2.24, 2.45) is 16.6 Å². The minimum atomic E-state index is 0. The van der Waals surface area contributed by atoms with Crippen LogP contribution in [-0.2, 0) is 6.54 Å². The monoisotopic (exact) mass is 431 g/mol. The summed E-state index contributed by atoms with van der Waals surface area (Å²) < 4.78 is 0. The smallest absolute Gasteiger partial charge is 0.188 e. The molecule has 130 valence electrons. The first kappa shape index (κ1) is 20.0. The number of unbranched alkanes of at least 4 members (excludes halogenated alkanes) is 1. The van der Waals surface area contributed by atoms with Gasteiger partial charge < -0.3 is 16.0 Å². The molecule has 0 unspecified atom stereocenters. The predicted octanol–water partition coefficient (Wildman–Crippen LogP) is 3.14. The van der Waals surface area contributed by atoms with Gasteiger partial charge in [0.2, 0.25) is 0 Å². The second kappa shape index (κ2) is 10.7. The highest BCUT2D eigenvalue weighted by atomic mass is 127. The third-order valence-corrected chi connectivity index (χ3v) is 4.19. The summed E-state index contributed by atoms with van der Waals surface area (Å²) in [5.41, 5.74) is 6.92. The lowest BCUT2D eigenvalue weighted by molar-refractivity contribution is 0.436. The van der Waals surface area contributed by atoms with Gasteiger partial charge in [0.05, 0.1) is 6.54 Å². The summed E-state index contributed by atoms with van der Waals surface area (Å²) in [4.78, 5) is 11.3. The maximum Gasteiger partial charge on any atom is 0.188 e. The first-order valence-electron chi connectivity index (χ1n) is 8.42. The van der Waals surface area contributed by atoms with Gasteiger partial charge in [-0.2, -0.15) is 0 Å². The van der Waals surface area contributed by atoms with E-state index in [1.807, 2.05) is 6.20 Å². The Balaban J connectivity index is 0.00000264. The van der Waals surface area contributed by atoms with Crippen LogP contribution in [0.2, 0.25) is 0 Å². The van der Waals surface area contributed by atoms with E-state index in [0.717, 1.165) is 49.8 Å². The molecule has 1 aromatic rings. The number of nitrogens with two attached hydrogens (primary N) is 1. The molecule has 2 heterocycles. The van der Waals surface area contributed by atoms with Crippen molar-refractivity contribution in [3.05, 3.63) is 23.9 Å². The van der Waals surface area contributed by atoms with E-state index in [2.05, 4.69) is 46.2 Å². The summed E-state index contributed by atoms with van der Waals surface area (Å²) in [7, 11) is 0. The summed E-state index contributed by atoms with van der Waals surface area (Å²) in [6, 6.07) is 4.20. The number of hydrogen-bond donors (Lipinski definition) is 2. The van der Waals surface area contributed by atoms with Crippen LogP contribution >= 0.6 is 24.0 Å². The molecule has 1 aromatic heterocycles. The molecule has 0 saturated carbocycles. The molecule has 0 amide bonds. The largest absolute Gasteiger partial charge is 0.370 e. The fourth-order valence-electron chi connectivity index (χ4n) is 2.56. The molecule has 6 heteroatoms. The zero-order valence-electron chi connectivity index (χ0n) is 14.3. The standard InChI is InChI=1S/C17H29N5.HI/c1-3-4-9-19-17(18)21-13-15-5-6-16(20-12-15)22-10-7-14(2)8-11-22;/h5-6,12,14H,3-4,7-11,13H2,1-2H3,(H3,18,19,21);1H. The Morgan fingerprint density at radius 2 is 2.13 bits per heavy atom. The molecule has 5 nitrogen and oxygen atoms in total. The molecule has 1 aliphatic heterocycles. The van der Waals surface area contributed by atoms with Crippen molar-refractivity contribution in [2.45, 2.75) is 46.1 Å². The van der Waals surface area contributed by atoms with Crippen molar-refractivity contribution in [1.29, 1.82) is 0 Å². The van der Waals surface area contributed by atoms with Crippen LogP contribution in [0.3, 0.4) is 0 Å². The number of pyridine rings is 1. The molecular weight excluding hydrogens is 401 g/mol. The highest BCUT2D eigenvalue weighted by Gasteiger charge is 2.16. The van der Waals surface area contributed by atoms with Gasteiger partial charge in [0.15, 0.2) is 5.96 Å². The zero-order valence-corrected chi connectivity index (χ0v) is 16.6. The lowest BCUT2D eigenvalue weighted by Gasteiger charge is -2.31. The van der Waals surface area contributed by atoms with Gasteiger partial charge >= 0.3 is 0 Å². The first-order valence-corrected chi connectivity index (χ1v) is 8.42. The maximum absolute atomic E-state index is 5.83. The van der Waals surface area contributed by atoms with Gasteiger partial charge in [-0.05, 0) is 36.8 Å². The van der Waals surface area contributed by atoms with Crippen molar-refractivity contribution in [1.82, 2.24) is 10.3 Å². The molecule has 0 bridgehead atoms. The van der Waals surface area contributed by atoms with Gasteiger partial charge in [-0.3, -0.25) is 0 Å². The Morgan fingerprint density at radius 1 is 1.39 bits per heavy atom. The first-order chi connectivity index (χ1) is 10.7. The Bertz CT molecular complexity index is 466. The number of hydrogen-bond acceptors (Lipinski definition) is 3. The van der Waals surface area contributed by atoms with Crippen molar-refractivity contribution in [3.8, 4) is 0 Å². The van der Waals surface area contributed by atoms with Crippen LogP contribution in [0.5, 0.6) is 0 Å². The molecule has 0 radical (unpaired) electrons. The third kappa shape index (κ3) is 6.93. The Kier molecular flexibility index (Phi) is 9.28. The van der Waals surface area contributed by atoms with Crippen LogP contribution < -0.4 is 16.0 Å². The predicted molar refractivity (Wildman–Crippen MR) is 109 cm³/mol. The van der Waals surface area contributed by atoms with E-state index in [9.17, 15) is 0 Å². The summed E-state index contributed by atoms with van der Waals surface area (Å²) >= 11 is 0. The Hall–Kier alpha value is -1.05. The van der Waals surface area contributed by atoms with Gasteiger partial charge in [-0.15, -0.1) is 24.0 Å². The number of halogens is 1. The van der Waals surface area contributed by atoms with Crippen molar-refractivity contribution in [2.75, 3.05) is 24.5 Å². The quantitative estimate of drug-likeness (QED) is 0.314. The van der Waals surface area contributed by atoms with Crippen molar-refractivity contribution < 1.29 is 0 Å². The van der Waals surface area contributed by atoms with Gasteiger partial charge in [-0.25, -0.2) is 9.98 Å².